The van der Waals surface area contributed by atoms with Crippen LogP contribution in [-0.4, -0.2) is 47.3 Å². The molecular weight excluding hydrogens is 276 g/mol. The lowest BCUT2D eigenvalue weighted by Crippen LogP contribution is -2.52. The summed E-state index contributed by atoms with van der Waals surface area (Å²) in [6.45, 7) is 1.61. The number of rotatable bonds is 3. The Bertz CT molecular complexity index is 520. The Hall–Kier alpha value is -1.50. The fourth-order valence-corrected chi connectivity index (χ4v) is 3.34. The average molecular weight is 292 g/mol. The number of nitrogens with zero attached hydrogens (tertiary/aromatic N) is 1. The van der Waals surface area contributed by atoms with Gasteiger partial charge in [-0.1, -0.05) is 42.1 Å². The molecule has 20 heavy (non-hydrogen) atoms. The third-order valence-electron chi connectivity index (χ3n) is 3.38. The van der Waals surface area contributed by atoms with Gasteiger partial charge in [0.1, 0.15) is 5.50 Å². The van der Waals surface area contributed by atoms with Gasteiger partial charge in [-0.2, -0.15) is 0 Å². The second kappa shape index (κ2) is 5.87. The zero-order valence-corrected chi connectivity index (χ0v) is 11.7. The maximum atomic E-state index is 11.0. The molecule has 0 saturated carbocycles. The summed E-state index contributed by atoms with van der Waals surface area (Å²) in [7, 11) is 0. The first-order valence-corrected chi connectivity index (χ1v) is 7.44. The fourth-order valence-electron chi connectivity index (χ4n) is 2.31. The summed E-state index contributed by atoms with van der Waals surface area (Å²) in [4.78, 5) is 13.1. The van der Waals surface area contributed by atoms with E-state index in [1.54, 1.807) is 11.8 Å². The zero-order chi connectivity index (χ0) is 13.9. The highest BCUT2D eigenvalue weighted by Gasteiger charge is 2.32. The molecule has 2 aliphatic rings. The molecule has 106 valence electrons. The van der Waals surface area contributed by atoms with Crippen molar-refractivity contribution in [2.75, 3.05) is 19.7 Å². The van der Waals surface area contributed by atoms with Crippen molar-refractivity contribution in [2.24, 2.45) is 0 Å². The predicted octanol–water partition coefficient (Wildman–Crippen LogP) is 1.39. The van der Waals surface area contributed by atoms with Crippen LogP contribution in [0.3, 0.4) is 0 Å². The van der Waals surface area contributed by atoms with Gasteiger partial charge in [-0.15, -0.1) is 0 Å². The minimum absolute atomic E-state index is 0.0796. The summed E-state index contributed by atoms with van der Waals surface area (Å²) in [6.07, 6.45) is -0.730. The van der Waals surface area contributed by atoms with Gasteiger partial charge in [-0.05, 0) is 11.0 Å². The smallest absolute Gasteiger partial charge is 0.334 e. The molecule has 1 aromatic rings. The van der Waals surface area contributed by atoms with E-state index in [0.717, 1.165) is 17.8 Å². The predicted molar refractivity (Wildman–Crippen MR) is 77.9 cm³/mol. The maximum Gasteiger partial charge on any atom is 0.334 e. The molecule has 2 unspecified atom stereocenters. The van der Waals surface area contributed by atoms with Crippen molar-refractivity contribution in [3.8, 4) is 0 Å². The molecule has 1 fully saturated rings. The molecule has 0 spiro atoms. The van der Waals surface area contributed by atoms with Gasteiger partial charge < -0.3 is 15.2 Å². The number of ether oxygens (including phenoxy) is 1. The molecule has 3 rings (SSSR count). The number of benzene rings is 1. The molecule has 1 aromatic carbocycles. The van der Waals surface area contributed by atoms with E-state index in [1.807, 2.05) is 18.2 Å². The summed E-state index contributed by atoms with van der Waals surface area (Å²) in [5.41, 5.74) is 2.31. The van der Waals surface area contributed by atoms with Crippen molar-refractivity contribution in [2.45, 2.75) is 11.6 Å². The first kappa shape index (κ1) is 13.5. The Balaban J connectivity index is 1.63. The average Bonchev–Trinajstić information content (AvgIpc) is 2.98. The SMILES string of the molecule is O=C(O)C1CN(C2NC(c3ccccc3)=CS2)CCO1. The molecule has 6 heteroatoms. The number of hydrogen-bond donors (Lipinski definition) is 2. The molecule has 0 amide bonds. The normalized spacial score (nSPS) is 26.9. The second-order valence-corrected chi connectivity index (χ2v) is 5.68. The van der Waals surface area contributed by atoms with Gasteiger partial charge in [-0.25, -0.2) is 4.79 Å². The van der Waals surface area contributed by atoms with E-state index >= 15 is 0 Å². The maximum absolute atomic E-state index is 11.0. The number of carboxylic acid groups (broad SMARTS) is 1. The van der Waals surface area contributed by atoms with Crippen LogP contribution in [0.2, 0.25) is 0 Å². The van der Waals surface area contributed by atoms with Crippen molar-refractivity contribution in [3.63, 3.8) is 0 Å². The van der Waals surface area contributed by atoms with E-state index in [0.29, 0.717) is 13.2 Å². The molecule has 2 N–H and O–H groups in total. The van der Waals surface area contributed by atoms with Crippen LogP contribution in [0, 0.1) is 0 Å². The van der Waals surface area contributed by atoms with Crippen LogP contribution in [0.4, 0.5) is 0 Å². The van der Waals surface area contributed by atoms with Crippen molar-refractivity contribution in [3.05, 3.63) is 41.3 Å². The van der Waals surface area contributed by atoms with Gasteiger partial charge in [0.25, 0.3) is 0 Å². The van der Waals surface area contributed by atoms with Crippen LogP contribution in [0.15, 0.2) is 35.7 Å². The van der Waals surface area contributed by atoms with Crippen molar-refractivity contribution < 1.29 is 14.6 Å². The van der Waals surface area contributed by atoms with E-state index in [4.69, 9.17) is 9.84 Å². The van der Waals surface area contributed by atoms with Crippen LogP contribution < -0.4 is 5.32 Å². The van der Waals surface area contributed by atoms with Crippen molar-refractivity contribution in [1.29, 1.82) is 0 Å². The van der Waals surface area contributed by atoms with E-state index < -0.39 is 12.1 Å². The van der Waals surface area contributed by atoms with Crippen LogP contribution in [0.25, 0.3) is 5.70 Å². The van der Waals surface area contributed by atoms with Crippen molar-refractivity contribution >= 4 is 23.4 Å². The van der Waals surface area contributed by atoms with Gasteiger partial charge in [0.05, 0.1) is 6.61 Å². The highest BCUT2D eigenvalue weighted by atomic mass is 32.2. The molecule has 2 atom stereocenters. The van der Waals surface area contributed by atoms with Crippen LogP contribution in [0.5, 0.6) is 0 Å². The quantitative estimate of drug-likeness (QED) is 0.878. The molecule has 0 aliphatic carbocycles. The third-order valence-corrected chi connectivity index (χ3v) is 4.43. The van der Waals surface area contributed by atoms with Gasteiger partial charge in [-0.3, -0.25) is 4.90 Å². The van der Waals surface area contributed by atoms with Gasteiger partial charge in [0.2, 0.25) is 0 Å². The highest BCUT2D eigenvalue weighted by Crippen LogP contribution is 2.30. The van der Waals surface area contributed by atoms with Crippen LogP contribution in [0.1, 0.15) is 5.56 Å². The monoisotopic (exact) mass is 292 g/mol. The topological polar surface area (TPSA) is 61.8 Å². The minimum Gasteiger partial charge on any atom is -0.479 e. The molecule has 2 aliphatic heterocycles. The zero-order valence-electron chi connectivity index (χ0n) is 10.9. The van der Waals surface area contributed by atoms with Gasteiger partial charge in [0, 0.05) is 18.8 Å². The summed E-state index contributed by atoms with van der Waals surface area (Å²) >= 11 is 1.67. The molecule has 5 nitrogen and oxygen atoms in total. The lowest BCUT2D eigenvalue weighted by atomic mass is 10.2. The Morgan fingerprint density at radius 1 is 1.40 bits per heavy atom. The first-order chi connectivity index (χ1) is 9.74. The van der Waals surface area contributed by atoms with E-state index in [-0.39, 0.29) is 5.50 Å². The number of morpholine rings is 1. The number of carboxylic acids is 1. The molecule has 2 heterocycles. The van der Waals surface area contributed by atoms with Crippen LogP contribution >= 0.6 is 11.8 Å². The number of nitrogens with one attached hydrogen (secondary N) is 1. The Morgan fingerprint density at radius 3 is 2.95 bits per heavy atom. The number of thioether (sulfide) groups is 1. The lowest BCUT2D eigenvalue weighted by Gasteiger charge is -2.34. The molecule has 0 aromatic heterocycles. The van der Waals surface area contributed by atoms with E-state index in [9.17, 15) is 4.79 Å². The number of aliphatic carboxylic acids is 1. The second-order valence-electron chi connectivity index (χ2n) is 4.72. The highest BCUT2D eigenvalue weighted by molar-refractivity contribution is 8.03. The minimum atomic E-state index is -0.895. The van der Waals surface area contributed by atoms with Gasteiger partial charge in [0.15, 0.2) is 6.10 Å². The molecule has 0 bridgehead atoms. The summed E-state index contributed by atoms with van der Waals surface area (Å²) in [5, 5.41) is 14.6. The molecular formula is C14H16N2O3S. The Morgan fingerprint density at radius 2 is 2.20 bits per heavy atom. The summed E-state index contributed by atoms with van der Waals surface area (Å²) in [6, 6.07) is 10.1. The van der Waals surface area contributed by atoms with Crippen LogP contribution in [-0.2, 0) is 9.53 Å². The largest absolute Gasteiger partial charge is 0.479 e. The molecule has 1 saturated heterocycles. The number of hydrogen-bond acceptors (Lipinski definition) is 5. The lowest BCUT2D eigenvalue weighted by molar-refractivity contribution is -0.156. The summed E-state index contributed by atoms with van der Waals surface area (Å²) < 4.78 is 5.25. The Kier molecular flexibility index (Phi) is 3.95. The van der Waals surface area contributed by atoms with E-state index in [1.165, 1.54) is 0 Å². The molecule has 0 radical (unpaired) electrons. The van der Waals surface area contributed by atoms with E-state index in [2.05, 4.69) is 27.8 Å². The van der Waals surface area contributed by atoms with Crippen molar-refractivity contribution in [1.82, 2.24) is 10.2 Å². The fraction of sp³-hybridized carbons (Fsp3) is 0.357. The standard InChI is InChI=1S/C14H16N2O3S/c17-13(18)12-8-16(6-7-19-12)14-15-11(9-20-14)10-4-2-1-3-5-10/h1-5,9,12,14-15H,6-8H2,(H,17,18). The van der Waals surface area contributed by atoms with Gasteiger partial charge >= 0.3 is 5.97 Å². The third kappa shape index (κ3) is 2.82. The number of carbonyl (C=O) groups is 1. The summed E-state index contributed by atoms with van der Waals surface area (Å²) in [5.74, 6) is -0.895. The first-order valence-electron chi connectivity index (χ1n) is 6.50. The Labute approximate surface area is 121 Å².